The van der Waals surface area contributed by atoms with Gasteiger partial charge in [0, 0.05) is 37.3 Å². The molecule has 0 aliphatic carbocycles. The van der Waals surface area contributed by atoms with Gasteiger partial charge in [-0.15, -0.1) is 0 Å². The third-order valence-electron chi connectivity index (χ3n) is 4.91. The smallest absolute Gasteiger partial charge is 0.422 e. The van der Waals surface area contributed by atoms with Crippen molar-refractivity contribution < 1.29 is 27.4 Å². The van der Waals surface area contributed by atoms with Gasteiger partial charge in [0.2, 0.25) is 11.9 Å². The number of nitrogens with one attached hydrogen (secondary N) is 2. The molecule has 0 radical (unpaired) electrons. The molecule has 0 saturated carbocycles. The minimum Gasteiger partial charge on any atom is -0.484 e. The van der Waals surface area contributed by atoms with E-state index in [1.807, 2.05) is 4.90 Å². The number of H-pyrrole nitrogens is 1. The number of aryl methyl sites for hydroxylation is 1. The number of rotatable bonds is 8. The van der Waals surface area contributed by atoms with Gasteiger partial charge in [-0.1, -0.05) is 12.1 Å². The Morgan fingerprint density at radius 1 is 1.31 bits per heavy atom. The number of alkyl halides is 3. The molecule has 0 bridgehead atoms. The van der Waals surface area contributed by atoms with Crippen LogP contribution in [0.4, 0.5) is 19.1 Å². The molecular formula is C21H25F3N4O4. The highest BCUT2D eigenvalue weighted by Gasteiger charge is 2.28. The van der Waals surface area contributed by atoms with E-state index in [-0.39, 0.29) is 36.6 Å². The summed E-state index contributed by atoms with van der Waals surface area (Å²) in [5.41, 5.74) is 1.34. The summed E-state index contributed by atoms with van der Waals surface area (Å²) in [5, 5.41) is 2.70. The molecule has 8 nitrogen and oxygen atoms in total. The van der Waals surface area contributed by atoms with Crippen molar-refractivity contribution in [1.29, 1.82) is 0 Å². The monoisotopic (exact) mass is 454 g/mol. The minimum atomic E-state index is -4.42. The first-order valence-electron chi connectivity index (χ1n) is 10.2. The van der Waals surface area contributed by atoms with Crippen molar-refractivity contribution in [2.75, 3.05) is 37.8 Å². The van der Waals surface area contributed by atoms with Crippen molar-refractivity contribution in [3.8, 4) is 5.75 Å². The SMILES string of the molecule is Cc1nc(N2CCOCC2)[nH]c(=O)c1CCC(=O)NCc1cccc(OCC(F)(F)F)c1. The summed E-state index contributed by atoms with van der Waals surface area (Å²) >= 11 is 0. The van der Waals surface area contributed by atoms with E-state index >= 15 is 0 Å². The number of ether oxygens (including phenoxy) is 2. The van der Waals surface area contributed by atoms with Gasteiger partial charge in [-0.25, -0.2) is 4.98 Å². The van der Waals surface area contributed by atoms with Crippen LogP contribution in [-0.4, -0.2) is 55.0 Å². The Morgan fingerprint density at radius 2 is 2.06 bits per heavy atom. The number of morpholine rings is 1. The van der Waals surface area contributed by atoms with Crippen LogP contribution < -0.4 is 20.5 Å². The number of amides is 1. The fourth-order valence-electron chi connectivity index (χ4n) is 3.25. The summed E-state index contributed by atoms with van der Waals surface area (Å²) in [6, 6.07) is 6.08. The molecule has 1 fully saturated rings. The van der Waals surface area contributed by atoms with Crippen LogP contribution in [-0.2, 0) is 22.5 Å². The summed E-state index contributed by atoms with van der Waals surface area (Å²) in [4.78, 5) is 33.9. The van der Waals surface area contributed by atoms with Crippen LogP contribution in [0, 0.1) is 6.92 Å². The maximum Gasteiger partial charge on any atom is 0.422 e. The van der Waals surface area contributed by atoms with Crippen molar-refractivity contribution in [3.63, 3.8) is 0 Å². The molecule has 11 heteroatoms. The second-order valence-electron chi connectivity index (χ2n) is 7.38. The van der Waals surface area contributed by atoms with Gasteiger partial charge in [0.15, 0.2) is 6.61 Å². The predicted octanol–water partition coefficient (Wildman–Crippen LogP) is 2.11. The summed E-state index contributed by atoms with van der Waals surface area (Å²) in [6.07, 6.45) is -4.12. The molecule has 2 N–H and O–H groups in total. The van der Waals surface area contributed by atoms with Gasteiger partial charge in [-0.2, -0.15) is 13.2 Å². The topological polar surface area (TPSA) is 96.6 Å². The van der Waals surface area contributed by atoms with Crippen LogP contribution in [0.2, 0.25) is 0 Å². The summed E-state index contributed by atoms with van der Waals surface area (Å²) in [5.74, 6) is 0.280. The molecule has 0 atom stereocenters. The molecule has 1 amide bonds. The Bertz CT molecular complexity index is 988. The molecule has 2 heterocycles. The molecule has 3 rings (SSSR count). The minimum absolute atomic E-state index is 0.0719. The number of nitrogens with zero attached hydrogens (tertiary/aromatic N) is 2. The number of aromatic nitrogens is 2. The number of anilines is 1. The van der Waals surface area contributed by atoms with Crippen LogP contribution in [0.15, 0.2) is 29.1 Å². The molecule has 1 saturated heterocycles. The standard InChI is InChI=1S/C21H25F3N4O4/c1-14-17(19(30)27-20(26-14)28-7-9-31-10-8-28)5-6-18(29)25-12-15-3-2-4-16(11-15)32-13-21(22,23)24/h2-4,11H,5-10,12-13H2,1H3,(H,25,29)(H,26,27,30). The lowest BCUT2D eigenvalue weighted by molar-refractivity contribution is -0.153. The molecule has 1 aromatic carbocycles. The van der Waals surface area contributed by atoms with Gasteiger partial charge in [0.1, 0.15) is 5.75 Å². The lowest BCUT2D eigenvalue weighted by Crippen LogP contribution is -2.38. The number of hydrogen-bond donors (Lipinski definition) is 2. The van der Waals surface area contributed by atoms with Gasteiger partial charge in [-0.3, -0.25) is 14.6 Å². The molecule has 0 unspecified atom stereocenters. The number of aromatic amines is 1. The second kappa shape index (κ2) is 10.5. The van der Waals surface area contributed by atoms with Crippen molar-refractivity contribution in [2.45, 2.75) is 32.5 Å². The third-order valence-corrected chi connectivity index (χ3v) is 4.91. The van der Waals surface area contributed by atoms with Crippen molar-refractivity contribution >= 4 is 11.9 Å². The van der Waals surface area contributed by atoms with Crippen molar-refractivity contribution in [3.05, 3.63) is 51.4 Å². The zero-order valence-electron chi connectivity index (χ0n) is 17.6. The van der Waals surface area contributed by atoms with E-state index in [2.05, 4.69) is 15.3 Å². The summed E-state index contributed by atoms with van der Waals surface area (Å²) in [6.45, 7) is 2.92. The van der Waals surface area contributed by atoms with Gasteiger partial charge >= 0.3 is 6.18 Å². The van der Waals surface area contributed by atoms with E-state index in [1.54, 1.807) is 19.1 Å². The lowest BCUT2D eigenvalue weighted by Gasteiger charge is -2.27. The van der Waals surface area contributed by atoms with E-state index in [0.29, 0.717) is 49.1 Å². The molecule has 1 aliphatic rings. The Kier molecular flexibility index (Phi) is 7.73. The zero-order valence-corrected chi connectivity index (χ0v) is 17.6. The number of benzene rings is 1. The molecule has 0 spiro atoms. The van der Waals surface area contributed by atoms with E-state index in [1.165, 1.54) is 12.1 Å². The van der Waals surface area contributed by atoms with Crippen LogP contribution in [0.5, 0.6) is 5.75 Å². The third kappa shape index (κ3) is 6.98. The van der Waals surface area contributed by atoms with Crippen LogP contribution in [0.1, 0.15) is 23.2 Å². The first kappa shape index (κ1) is 23.6. The fourth-order valence-corrected chi connectivity index (χ4v) is 3.25. The first-order chi connectivity index (χ1) is 15.2. The fraction of sp³-hybridized carbons (Fsp3) is 0.476. The predicted molar refractivity (Wildman–Crippen MR) is 111 cm³/mol. The van der Waals surface area contributed by atoms with Gasteiger partial charge in [-0.05, 0) is 31.0 Å². The molecule has 1 aliphatic heterocycles. The van der Waals surface area contributed by atoms with Gasteiger partial charge < -0.3 is 19.7 Å². The van der Waals surface area contributed by atoms with Crippen molar-refractivity contribution in [1.82, 2.24) is 15.3 Å². The molecule has 174 valence electrons. The Balaban J connectivity index is 1.51. The molecular weight excluding hydrogens is 429 g/mol. The van der Waals surface area contributed by atoms with Crippen molar-refractivity contribution in [2.24, 2.45) is 0 Å². The quantitative estimate of drug-likeness (QED) is 0.634. The van der Waals surface area contributed by atoms with E-state index < -0.39 is 12.8 Å². The lowest BCUT2D eigenvalue weighted by atomic mass is 10.1. The van der Waals surface area contributed by atoms with Crippen LogP contribution in [0.3, 0.4) is 0 Å². The summed E-state index contributed by atoms with van der Waals surface area (Å²) < 4.78 is 46.8. The highest BCUT2D eigenvalue weighted by atomic mass is 19.4. The molecule has 1 aromatic heterocycles. The van der Waals surface area contributed by atoms with E-state index in [9.17, 15) is 22.8 Å². The Morgan fingerprint density at radius 3 is 2.75 bits per heavy atom. The second-order valence-corrected chi connectivity index (χ2v) is 7.38. The van der Waals surface area contributed by atoms with Crippen LogP contribution in [0.25, 0.3) is 0 Å². The zero-order chi connectivity index (χ0) is 23.1. The number of halogens is 3. The van der Waals surface area contributed by atoms with E-state index in [4.69, 9.17) is 9.47 Å². The van der Waals surface area contributed by atoms with Gasteiger partial charge in [0.05, 0.1) is 13.2 Å². The molecule has 2 aromatic rings. The molecule has 32 heavy (non-hydrogen) atoms. The largest absolute Gasteiger partial charge is 0.484 e. The maximum atomic E-state index is 12.5. The average molecular weight is 454 g/mol. The van der Waals surface area contributed by atoms with E-state index in [0.717, 1.165) is 0 Å². The van der Waals surface area contributed by atoms with Crippen LogP contribution >= 0.6 is 0 Å². The van der Waals surface area contributed by atoms with Gasteiger partial charge in [0.25, 0.3) is 5.56 Å². The Labute approximate surface area is 182 Å². The maximum absolute atomic E-state index is 12.5. The summed E-state index contributed by atoms with van der Waals surface area (Å²) in [7, 11) is 0. The normalized spacial score (nSPS) is 14.3. The highest BCUT2D eigenvalue weighted by molar-refractivity contribution is 5.76. The Hall–Kier alpha value is -3.08. The average Bonchev–Trinajstić information content (AvgIpc) is 2.76. The highest BCUT2D eigenvalue weighted by Crippen LogP contribution is 2.19. The number of hydrogen-bond acceptors (Lipinski definition) is 6. The number of carbonyl (C=O) groups is 1. The first-order valence-corrected chi connectivity index (χ1v) is 10.2. The number of carbonyl (C=O) groups excluding carboxylic acids is 1.